The number of hydrogen-bond donors (Lipinski definition) is 2. The van der Waals surface area contributed by atoms with E-state index in [1.807, 2.05) is 44.2 Å². The van der Waals surface area contributed by atoms with Crippen molar-refractivity contribution in [3.8, 4) is 0 Å². The zero-order valence-corrected chi connectivity index (χ0v) is 19.2. The Bertz CT molecular complexity index is 699. The van der Waals surface area contributed by atoms with Gasteiger partial charge in [0.25, 0.3) is 0 Å². The second-order valence-corrected chi connectivity index (χ2v) is 8.96. The van der Waals surface area contributed by atoms with Gasteiger partial charge in [-0.05, 0) is 37.2 Å². The van der Waals surface area contributed by atoms with Crippen LogP contribution in [0.4, 0.5) is 0 Å². The van der Waals surface area contributed by atoms with Crippen molar-refractivity contribution < 1.29 is 19.1 Å². The van der Waals surface area contributed by atoms with E-state index < -0.39 is 12.1 Å². The van der Waals surface area contributed by atoms with Gasteiger partial charge in [-0.15, -0.1) is 0 Å². The van der Waals surface area contributed by atoms with Gasteiger partial charge in [0.1, 0.15) is 12.1 Å². The highest BCUT2D eigenvalue weighted by Gasteiger charge is 2.30. The third-order valence-electron chi connectivity index (χ3n) is 5.75. The fourth-order valence-electron chi connectivity index (χ4n) is 4.21. The fraction of sp³-hybridized carbons (Fsp3) is 0.640. The first-order chi connectivity index (χ1) is 14.9. The van der Waals surface area contributed by atoms with Gasteiger partial charge >= 0.3 is 5.97 Å². The Morgan fingerprint density at radius 3 is 2.29 bits per heavy atom. The highest BCUT2D eigenvalue weighted by molar-refractivity contribution is 5.91. The summed E-state index contributed by atoms with van der Waals surface area (Å²) in [6.07, 6.45) is 7.04. The Hall–Kier alpha value is -2.37. The van der Waals surface area contributed by atoms with Crippen molar-refractivity contribution in [2.24, 2.45) is 11.8 Å². The molecule has 0 bridgehead atoms. The Morgan fingerprint density at radius 1 is 1.00 bits per heavy atom. The second-order valence-electron chi connectivity index (χ2n) is 8.96. The molecule has 1 aromatic carbocycles. The van der Waals surface area contributed by atoms with E-state index in [-0.39, 0.29) is 36.7 Å². The lowest BCUT2D eigenvalue weighted by Gasteiger charge is -2.28. The zero-order valence-electron chi connectivity index (χ0n) is 19.2. The SMILES string of the molecule is CCOC(=O)[C@H](CC1CCCCC1)NC(=O)[C@H](CC(C)C)NC(=O)Cc1ccccc1. The summed E-state index contributed by atoms with van der Waals surface area (Å²) < 4.78 is 5.23. The summed E-state index contributed by atoms with van der Waals surface area (Å²) in [6, 6.07) is 8.09. The summed E-state index contributed by atoms with van der Waals surface area (Å²) in [6.45, 7) is 6.06. The Kier molecular flexibility index (Phi) is 10.5. The largest absolute Gasteiger partial charge is 0.464 e. The van der Waals surface area contributed by atoms with Gasteiger partial charge in [0.15, 0.2) is 0 Å². The number of esters is 1. The van der Waals surface area contributed by atoms with Gasteiger partial charge in [-0.1, -0.05) is 76.3 Å². The maximum absolute atomic E-state index is 13.1. The molecule has 1 saturated carbocycles. The molecule has 0 spiro atoms. The second kappa shape index (κ2) is 13.1. The van der Waals surface area contributed by atoms with Gasteiger partial charge in [-0.3, -0.25) is 9.59 Å². The third kappa shape index (κ3) is 9.11. The molecule has 0 aliphatic heterocycles. The van der Waals surface area contributed by atoms with Crippen LogP contribution in [-0.4, -0.2) is 36.5 Å². The van der Waals surface area contributed by atoms with Crippen LogP contribution in [0.1, 0.15) is 71.3 Å². The van der Waals surface area contributed by atoms with Crippen molar-refractivity contribution in [2.45, 2.75) is 84.2 Å². The Balaban J connectivity index is 2.03. The number of carbonyl (C=O) groups excluding carboxylic acids is 3. The van der Waals surface area contributed by atoms with E-state index in [0.717, 1.165) is 18.4 Å². The van der Waals surface area contributed by atoms with E-state index in [2.05, 4.69) is 10.6 Å². The van der Waals surface area contributed by atoms with Gasteiger partial charge in [-0.2, -0.15) is 0 Å². The van der Waals surface area contributed by atoms with Crippen molar-refractivity contribution in [1.29, 1.82) is 0 Å². The van der Waals surface area contributed by atoms with Crippen molar-refractivity contribution in [1.82, 2.24) is 10.6 Å². The molecule has 6 nitrogen and oxygen atoms in total. The van der Waals surface area contributed by atoms with Crippen LogP contribution in [0.25, 0.3) is 0 Å². The number of carbonyl (C=O) groups is 3. The van der Waals surface area contributed by atoms with Crippen molar-refractivity contribution in [3.63, 3.8) is 0 Å². The normalized spacial score (nSPS) is 16.4. The maximum Gasteiger partial charge on any atom is 0.328 e. The average molecular weight is 431 g/mol. The van der Waals surface area contributed by atoms with E-state index in [9.17, 15) is 14.4 Å². The summed E-state index contributed by atoms with van der Waals surface area (Å²) in [5.41, 5.74) is 0.894. The number of nitrogens with one attached hydrogen (secondary N) is 2. The predicted molar refractivity (Wildman–Crippen MR) is 121 cm³/mol. The number of rotatable bonds is 11. The molecule has 1 aromatic rings. The molecule has 1 aliphatic rings. The molecule has 2 N–H and O–H groups in total. The number of amides is 2. The summed E-state index contributed by atoms with van der Waals surface area (Å²) in [7, 11) is 0. The molecule has 1 aliphatic carbocycles. The van der Waals surface area contributed by atoms with Crippen LogP contribution in [0.2, 0.25) is 0 Å². The minimum Gasteiger partial charge on any atom is -0.464 e. The lowest BCUT2D eigenvalue weighted by atomic mass is 9.84. The molecule has 0 heterocycles. The number of hydrogen-bond acceptors (Lipinski definition) is 4. The average Bonchev–Trinajstić information content (AvgIpc) is 2.74. The molecule has 0 radical (unpaired) electrons. The molecule has 0 aromatic heterocycles. The molecule has 0 unspecified atom stereocenters. The lowest BCUT2D eigenvalue weighted by Crippen LogP contribution is -2.53. The predicted octanol–water partition coefficient (Wildman–Crippen LogP) is 3.78. The highest BCUT2D eigenvalue weighted by atomic mass is 16.5. The van der Waals surface area contributed by atoms with Crippen LogP contribution in [-0.2, 0) is 25.5 Å². The van der Waals surface area contributed by atoms with E-state index in [1.165, 1.54) is 19.3 Å². The minimum atomic E-state index is -0.681. The van der Waals surface area contributed by atoms with Gasteiger partial charge in [0, 0.05) is 0 Å². The molecular weight excluding hydrogens is 392 g/mol. The molecule has 2 rings (SSSR count). The van der Waals surface area contributed by atoms with Crippen LogP contribution in [0.15, 0.2) is 30.3 Å². The van der Waals surface area contributed by atoms with E-state index in [1.54, 1.807) is 6.92 Å². The topological polar surface area (TPSA) is 84.5 Å². The first-order valence-corrected chi connectivity index (χ1v) is 11.7. The third-order valence-corrected chi connectivity index (χ3v) is 5.75. The molecule has 31 heavy (non-hydrogen) atoms. The molecule has 0 saturated heterocycles. The van der Waals surface area contributed by atoms with Gasteiger partial charge in [0.2, 0.25) is 11.8 Å². The minimum absolute atomic E-state index is 0.202. The van der Waals surface area contributed by atoms with Crippen LogP contribution in [0.5, 0.6) is 0 Å². The molecule has 172 valence electrons. The summed E-state index contributed by atoms with van der Waals surface area (Å²) >= 11 is 0. The first-order valence-electron chi connectivity index (χ1n) is 11.7. The molecule has 2 atom stereocenters. The van der Waals surface area contributed by atoms with Crippen LogP contribution in [0, 0.1) is 11.8 Å². The molecule has 1 fully saturated rings. The maximum atomic E-state index is 13.1. The summed E-state index contributed by atoms with van der Waals surface area (Å²) in [5, 5.41) is 5.77. The number of ether oxygens (including phenoxy) is 1. The summed E-state index contributed by atoms with van der Waals surface area (Å²) in [5.74, 6) is -0.275. The van der Waals surface area contributed by atoms with Crippen LogP contribution >= 0.6 is 0 Å². The van der Waals surface area contributed by atoms with Crippen molar-refractivity contribution in [3.05, 3.63) is 35.9 Å². The Morgan fingerprint density at radius 2 is 1.68 bits per heavy atom. The van der Waals surface area contributed by atoms with Crippen LogP contribution in [0.3, 0.4) is 0 Å². The van der Waals surface area contributed by atoms with E-state index >= 15 is 0 Å². The molecular formula is C25H38N2O4. The molecule has 2 amide bonds. The van der Waals surface area contributed by atoms with Crippen molar-refractivity contribution >= 4 is 17.8 Å². The zero-order chi connectivity index (χ0) is 22.6. The Labute approximate surface area is 186 Å². The first kappa shape index (κ1) is 24.9. The standard InChI is InChI=1S/C25H38N2O4/c1-4-31-25(30)22(16-19-11-7-5-8-12-19)27-24(29)21(15-18(2)3)26-23(28)17-20-13-9-6-10-14-20/h6,9-10,13-14,18-19,21-22H,4-5,7-8,11-12,15-17H2,1-3H3,(H,26,28)(H,27,29)/t21-,22-/m0/s1. The van der Waals surface area contributed by atoms with Crippen molar-refractivity contribution in [2.75, 3.05) is 6.61 Å². The number of benzene rings is 1. The van der Waals surface area contributed by atoms with E-state index in [4.69, 9.17) is 4.74 Å². The quantitative estimate of drug-likeness (QED) is 0.523. The van der Waals surface area contributed by atoms with Gasteiger partial charge in [0.05, 0.1) is 13.0 Å². The molecule has 6 heteroatoms. The monoisotopic (exact) mass is 430 g/mol. The highest BCUT2D eigenvalue weighted by Crippen LogP contribution is 2.27. The lowest BCUT2D eigenvalue weighted by molar-refractivity contribution is -0.148. The van der Waals surface area contributed by atoms with E-state index in [0.29, 0.717) is 18.8 Å². The summed E-state index contributed by atoms with van der Waals surface area (Å²) in [4.78, 5) is 38.2. The van der Waals surface area contributed by atoms with Crippen LogP contribution < -0.4 is 10.6 Å². The smallest absolute Gasteiger partial charge is 0.328 e. The fourth-order valence-corrected chi connectivity index (χ4v) is 4.21. The van der Waals surface area contributed by atoms with Gasteiger partial charge < -0.3 is 15.4 Å². The van der Waals surface area contributed by atoms with Gasteiger partial charge in [-0.25, -0.2) is 4.79 Å².